The van der Waals surface area contributed by atoms with Crippen molar-refractivity contribution in [2.75, 3.05) is 24.6 Å². The molecule has 2 aromatic carbocycles. The quantitative estimate of drug-likeness (QED) is 0.382. The topological polar surface area (TPSA) is 88.4 Å². The third-order valence-corrected chi connectivity index (χ3v) is 4.50. The number of anilines is 1. The van der Waals surface area contributed by atoms with Gasteiger partial charge in [-0.15, -0.1) is 3.89 Å². The first kappa shape index (κ1) is 20.5. The normalized spacial score (nSPS) is 11.5. The summed E-state index contributed by atoms with van der Waals surface area (Å²) < 4.78 is 39.4. The standard InChI is InChI=1S/C18H20FN3O4S/c1-3-22(12-13-26-14(2)23)17-8-4-15(5-9-17)20-21-16-6-10-18(11-7-16)27(19,24)25/h4-11H,3,12-13H2,1-2H3. The number of carbonyl (C=O) groups excluding carboxylic acids is 1. The number of azo groups is 1. The smallest absolute Gasteiger partial charge is 0.332 e. The van der Waals surface area contributed by atoms with Crippen LogP contribution in [0.3, 0.4) is 0 Å². The molecule has 0 radical (unpaired) electrons. The Morgan fingerprint density at radius 3 is 2.00 bits per heavy atom. The summed E-state index contributed by atoms with van der Waals surface area (Å²) >= 11 is 0. The fourth-order valence-corrected chi connectivity index (χ4v) is 2.75. The van der Waals surface area contributed by atoms with E-state index in [0.717, 1.165) is 24.4 Å². The van der Waals surface area contributed by atoms with Crippen LogP contribution in [0.15, 0.2) is 63.7 Å². The summed E-state index contributed by atoms with van der Waals surface area (Å²) in [6, 6.07) is 12.3. The van der Waals surface area contributed by atoms with Gasteiger partial charge in [-0.05, 0) is 55.5 Å². The monoisotopic (exact) mass is 393 g/mol. The summed E-state index contributed by atoms with van der Waals surface area (Å²) in [5.41, 5.74) is 1.97. The number of nitrogens with zero attached hydrogens (tertiary/aromatic N) is 3. The molecule has 0 aliphatic carbocycles. The molecule has 9 heteroatoms. The van der Waals surface area contributed by atoms with Crippen LogP contribution in [0.1, 0.15) is 13.8 Å². The van der Waals surface area contributed by atoms with Crippen molar-refractivity contribution in [3.05, 3.63) is 48.5 Å². The van der Waals surface area contributed by atoms with Crippen molar-refractivity contribution in [1.82, 2.24) is 0 Å². The van der Waals surface area contributed by atoms with Crippen molar-refractivity contribution < 1.29 is 21.8 Å². The first-order valence-corrected chi connectivity index (χ1v) is 9.63. The number of rotatable bonds is 8. The van der Waals surface area contributed by atoms with Gasteiger partial charge in [0.15, 0.2) is 0 Å². The van der Waals surface area contributed by atoms with Crippen LogP contribution >= 0.6 is 0 Å². The average molecular weight is 393 g/mol. The minimum atomic E-state index is -4.72. The molecule has 0 N–H and O–H groups in total. The second kappa shape index (κ2) is 9.22. The van der Waals surface area contributed by atoms with E-state index in [1.807, 2.05) is 19.1 Å². The molecule has 0 saturated heterocycles. The van der Waals surface area contributed by atoms with E-state index in [9.17, 15) is 17.1 Å². The third-order valence-electron chi connectivity index (χ3n) is 3.66. The molecule has 0 bridgehead atoms. The highest BCUT2D eigenvalue weighted by molar-refractivity contribution is 7.86. The van der Waals surface area contributed by atoms with Crippen LogP contribution < -0.4 is 4.90 Å². The number of likely N-dealkylation sites (N-methyl/N-ethyl adjacent to an activating group) is 1. The van der Waals surface area contributed by atoms with Gasteiger partial charge >= 0.3 is 16.2 Å². The van der Waals surface area contributed by atoms with Crippen LogP contribution in [0.4, 0.5) is 20.9 Å². The van der Waals surface area contributed by atoms with Crippen LogP contribution in [0, 0.1) is 0 Å². The molecule has 0 amide bonds. The van der Waals surface area contributed by atoms with E-state index in [-0.39, 0.29) is 5.97 Å². The summed E-state index contributed by atoms with van der Waals surface area (Å²) in [5, 5.41) is 8.07. The summed E-state index contributed by atoms with van der Waals surface area (Å²) in [6.45, 7) is 5.03. The molecule has 0 unspecified atom stereocenters. The van der Waals surface area contributed by atoms with E-state index in [1.54, 1.807) is 12.1 Å². The number of halogens is 1. The summed E-state index contributed by atoms with van der Waals surface area (Å²) in [4.78, 5) is 12.5. The lowest BCUT2D eigenvalue weighted by atomic mass is 10.2. The molecule has 0 heterocycles. The van der Waals surface area contributed by atoms with Crippen molar-refractivity contribution in [3.63, 3.8) is 0 Å². The van der Waals surface area contributed by atoms with Crippen molar-refractivity contribution in [3.8, 4) is 0 Å². The van der Waals surface area contributed by atoms with Gasteiger partial charge in [0.1, 0.15) is 6.61 Å². The van der Waals surface area contributed by atoms with E-state index in [4.69, 9.17) is 4.74 Å². The fourth-order valence-electron chi connectivity index (χ4n) is 2.29. The molecule has 0 atom stereocenters. The van der Waals surface area contributed by atoms with Crippen molar-refractivity contribution in [2.24, 2.45) is 10.2 Å². The SMILES string of the molecule is CCN(CCOC(C)=O)c1ccc(N=Nc2ccc(S(=O)(=O)F)cc2)cc1. The van der Waals surface area contributed by atoms with Gasteiger partial charge in [0.2, 0.25) is 0 Å². The number of hydrogen-bond donors (Lipinski definition) is 0. The van der Waals surface area contributed by atoms with Crippen LogP contribution in [0.2, 0.25) is 0 Å². The molecule has 0 fully saturated rings. The van der Waals surface area contributed by atoms with Crippen molar-refractivity contribution >= 4 is 33.3 Å². The first-order valence-electron chi connectivity index (χ1n) is 8.24. The lowest BCUT2D eigenvalue weighted by Crippen LogP contribution is -2.27. The molecule has 0 aliphatic rings. The highest BCUT2D eigenvalue weighted by atomic mass is 32.3. The summed E-state index contributed by atoms with van der Waals surface area (Å²) in [5.74, 6) is -0.307. The van der Waals surface area contributed by atoms with Crippen LogP contribution in [0.5, 0.6) is 0 Å². The molecule has 2 aromatic rings. The Bertz CT molecular complexity index is 897. The third kappa shape index (κ3) is 6.45. The second-order valence-electron chi connectivity index (χ2n) is 5.57. The Morgan fingerprint density at radius 1 is 1.04 bits per heavy atom. The zero-order chi connectivity index (χ0) is 19.9. The molecule has 0 spiro atoms. The van der Waals surface area contributed by atoms with Gasteiger partial charge in [-0.25, -0.2) is 0 Å². The number of carbonyl (C=O) groups is 1. The summed E-state index contributed by atoms with van der Waals surface area (Å²) in [6.07, 6.45) is 0. The van der Waals surface area contributed by atoms with Crippen LogP contribution in [-0.2, 0) is 19.8 Å². The van der Waals surface area contributed by atoms with E-state index in [2.05, 4.69) is 15.1 Å². The number of esters is 1. The minimum absolute atomic E-state index is 0.307. The van der Waals surface area contributed by atoms with Crippen LogP contribution in [-0.4, -0.2) is 34.1 Å². The molecule has 2 rings (SSSR count). The van der Waals surface area contributed by atoms with Crippen LogP contribution in [0.25, 0.3) is 0 Å². The van der Waals surface area contributed by atoms with E-state index in [1.165, 1.54) is 19.1 Å². The molecular weight excluding hydrogens is 373 g/mol. The minimum Gasteiger partial charge on any atom is -0.464 e. The van der Waals surface area contributed by atoms with E-state index in [0.29, 0.717) is 24.5 Å². The Morgan fingerprint density at radius 2 is 1.56 bits per heavy atom. The van der Waals surface area contributed by atoms with Gasteiger partial charge in [0, 0.05) is 19.2 Å². The number of hydrogen-bond acceptors (Lipinski definition) is 7. The number of benzene rings is 2. The zero-order valence-corrected chi connectivity index (χ0v) is 15.8. The first-order chi connectivity index (χ1) is 12.8. The second-order valence-corrected chi connectivity index (χ2v) is 6.91. The largest absolute Gasteiger partial charge is 0.464 e. The molecule has 144 valence electrons. The molecule has 0 saturated carbocycles. The van der Waals surface area contributed by atoms with Gasteiger partial charge < -0.3 is 9.64 Å². The zero-order valence-electron chi connectivity index (χ0n) is 15.0. The molecule has 0 aromatic heterocycles. The van der Waals surface area contributed by atoms with Gasteiger partial charge in [-0.2, -0.15) is 18.6 Å². The van der Waals surface area contributed by atoms with Gasteiger partial charge in [0.05, 0.1) is 22.8 Å². The number of ether oxygens (including phenoxy) is 1. The van der Waals surface area contributed by atoms with Gasteiger partial charge in [-0.1, -0.05) is 0 Å². The average Bonchev–Trinajstić information content (AvgIpc) is 2.63. The molecule has 27 heavy (non-hydrogen) atoms. The molecule has 7 nitrogen and oxygen atoms in total. The predicted molar refractivity (Wildman–Crippen MR) is 99.9 cm³/mol. The predicted octanol–water partition coefficient (Wildman–Crippen LogP) is 4.15. The van der Waals surface area contributed by atoms with Gasteiger partial charge in [0.25, 0.3) is 0 Å². The molecular formula is C18H20FN3O4S. The Hall–Kier alpha value is -2.81. The maximum absolute atomic E-state index is 12.8. The lowest BCUT2D eigenvalue weighted by Gasteiger charge is -2.22. The van der Waals surface area contributed by atoms with Crippen molar-refractivity contribution in [2.45, 2.75) is 18.7 Å². The van der Waals surface area contributed by atoms with Gasteiger partial charge in [-0.3, -0.25) is 4.79 Å². The highest BCUT2D eigenvalue weighted by Crippen LogP contribution is 2.23. The fraction of sp³-hybridized carbons (Fsp3) is 0.278. The maximum Gasteiger partial charge on any atom is 0.332 e. The Labute approximate surface area is 157 Å². The van der Waals surface area contributed by atoms with E-state index < -0.39 is 15.1 Å². The summed E-state index contributed by atoms with van der Waals surface area (Å²) in [7, 11) is -4.72. The van der Waals surface area contributed by atoms with Crippen molar-refractivity contribution in [1.29, 1.82) is 0 Å². The Balaban J connectivity index is 2.01. The lowest BCUT2D eigenvalue weighted by molar-refractivity contribution is -0.140. The maximum atomic E-state index is 12.8. The van der Waals surface area contributed by atoms with E-state index >= 15 is 0 Å². The highest BCUT2D eigenvalue weighted by Gasteiger charge is 2.10. The molecule has 0 aliphatic heterocycles. The Kier molecular flexibility index (Phi) is 7.00.